The van der Waals surface area contributed by atoms with Gasteiger partial charge < -0.3 is 0 Å². The molecule has 0 aliphatic carbocycles. The lowest BCUT2D eigenvalue weighted by Crippen LogP contribution is -2.30. The predicted molar refractivity (Wildman–Crippen MR) is 83.3 cm³/mol. The topological polar surface area (TPSA) is 61.8 Å². The number of amides is 2. The van der Waals surface area contributed by atoms with Gasteiger partial charge in [-0.1, -0.05) is 54.3 Å². The molecule has 1 aromatic rings. The number of thioether (sulfide) groups is 1. The Morgan fingerprint density at radius 2 is 1.95 bits per heavy atom. The van der Waals surface area contributed by atoms with E-state index in [1.54, 1.807) is 6.21 Å². The minimum absolute atomic E-state index is 0.141. The normalized spacial score (nSPS) is 15.1. The summed E-state index contributed by atoms with van der Waals surface area (Å²) >= 11 is 6.28. The van der Waals surface area contributed by atoms with Crippen molar-refractivity contribution in [2.45, 2.75) is 12.8 Å². The van der Waals surface area contributed by atoms with Gasteiger partial charge in [0, 0.05) is 12.8 Å². The lowest BCUT2D eigenvalue weighted by Gasteiger charge is -2.12. The zero-order valence-corrected chi connectivity index (χ0v) is 12.2. The molecule has 7 heteroatoms. The van der Waals surface area contributed by atoms with Crippen molar-refractivity contribution in [3.8, 4) is 0 Å². The Hall–Kier alpha value is -1.73. The summed E-state index contributed by atoms with van der Waals surface area (Å²) in [5.74, 6) is -0.0409. The average molecular weight is 307 g/mol. The smallest absolute Gasteiger partial charge is 0.230 e. The number of nitrogens with zero attached hydrogens (tertiary/aromatic N) is 2. The molecule has 2 rings (SSSR count). The molecule has 1 aliphatic rings. The average Bonchev–Trinajstić information content (AvgIpc) is 2.77. The Balaban J connectivity index is 1.74. The van der Waals surface area contributed by atoms with Crippen molar-refractivity contribution < 1.29 is 9.59 Å². The van der Waals surface area contributed by atoms with Gasteiger partial charge in [-0.05, 0) is 5.56 Å². The number of imide groups is 1. The molecule has 0 aromatic heterocycles. The SMILES string of the molecule is O=C1CCC(=O)N1CSC(=S)N/N=C/c1ccccc1. The van der Waals surface area contributed by atoms with Crippen LogP contribution < -0.4 is 5.43 Å². The first-order chi connectivity index (χ1) is 9.66. The predicted octanol–water partition coefficient (Wildman–Crippen LogP) is 1.73. The first-order valence-corrected chi connectivity index (χ1v) is 7.40. The molecule has 1 fully saturated rings. The van der Waals surface area contributed by atoms with Gasteiger partial charge in [0.05, 0.1) is 12.1 Å². The molecule has 0 bridgehead atoms. The van der Waals surface area contributed by atoms with E-state index < -0.39 is 0 Å². The molecular weight excluding hydrogens is 294 g/mol. The van der Waals surface area contributed by atoms with Crippen LogP contribution in [0.1, 0.15) is 18.4 Å². The minimum Gasteiger partial charge on any atom is -0.274 e. The number of carbonyl (C=O) groups is 2. The lowest BCUT2D eigenvalue weighted by atomic mass is 10.2. The fraction of sp³-hybridized carbons (Fsp3) is 0.231. The first-order valence-electron chi connectivity index (χ1n) is 6.01. The second-order valence-electron chi connectivity index (χ2n) is 4.06. The van der Waals surface area contributed by atoms with Crippen LogP contribution in [0.25, 0.3) is 0 Å². The van der Waals surface area contributed by atoms with Gasteiger partial charge in [0.25, 0.3) is 0 Å². The minimum atomic E-state index is -0.141. The zero-order chi connectivity index (χ0) is 14.4. The third-order valence-corrected chi connectivity index (χ3v) is 3.83. The number of thiocarbonyl (C=S) groups is 1. The summed E-state index contributed by atoms with van der Waals surface area (Å²) in [5, 5.41) is 4.00. The molecule has 1 heterocycles. The van der Waals surface area contributed by atoms with Crippen LogP contribution in [-0.4, -0.2) is 33.1 Å². The molecule has 20 heavy (non-hydrogen) atoms. The van der Waals surface area contributed by atoms with Crippen LogP contribution in [0, 0.1) is 0 Å². The molecule has 104 valence electrons. The van der Waals surface area contributed by atoms with Gasteiger partial charge in [-0.25, -0.2) is 0 Å². The van der Waals surface area contributed by atoms with Crippen LogP contribution in [-0.2, 0) is 9.59 Å². The molecule has 0 atom stereocenters. The van der Waals surface area contributed by atoms with E-state index in [-0.39, 0.29) is 17.7 Å². The number of hydrogen-bond acceptors (Lipinski definition) is 5. The maximum Gasteiger partial charge on any atom is 0.230 e. The Morgan fingerprint density at radius 3 is 2.60 bits per heavy atom. The summed E-state index contributed by atoms with van der Waals surface area (Å²) in [7, 11) is 0. The van der Waals surface area contributed by atoms with Gasteiger partial charge in [-0.2, -0.15) is 5.10 Å². The van der Waals surface area contributed by atoms with Crippen LogP contribution in [0.5, 0.6) is 0 Å². The maximum atomic E-state index is 11.4. The molecule has 5 nitrogen and oxygen atoms in total. The highest BCUT2D eigenvalue weighted by Crippen LogP contribution is 2.16. The standard InChI is InChI=1S/C13H13N3O2S2/c17-11-6-7-12(18)16(11)9-20-13(19)15-14-8-10-4-2-1-3-5-10/h1-5,8H,6-7,9H2,(H,15,19)/b14-8+. The molecule has 0 saturated carbocycles. The summed E-state index contributed by atoms with van der Waals surface area (Å²) in [5.41, 5.74) is 3.66. The van der Waals surface area contributed by atoms with E-state index in [1.165, 1.54) is 16.7 Å². The van der Waals surface area contributed by atoms with Crippen molar-refractivity contribution in [3.05, 3.63) is 35.9 Å². The van der Waals surface area contributed by atoms with Gasteiger partial charge in [0.2, 0.25) is 11.8 Å². The Bertz CT molecular complexity index is 530. The van der Waals surface area contributed by atoms with E-state index in [0.717, 1.165) is 5.56 Å². The second-order valence-corrected chi connectivity index (χ2v) is 5.68. The number of hydrazone groups is 1. The van der Waals surface area contributed by atoms with Gasteiger partial charge >= 0.3 is 0 Å². The lowest BCUT2D eigenvalue weighted by molar-refractivity contribution is -0.137. The third kappa shape index (κ3) is 4.14. The van der Waals surface area contributed by atoms with Crippen molar-refractivity contribution in [1.29, 1.82) is 0 Å². The Labute approximate surface area is 126 Å². The van der Waals surface area contributed by atoms with Crippen LogP contribution in [0.3, 0.4) is 0 Å². The van der Waals surface area contributed by atoms with Crippen molar-refractivity contribution in [2.24, 2.45) is 5.10 Å². The highest BCUT2D eigenvalue weighted by molar-refractivity contribution is 8.22. The molecular formula is C13H13N3O2S2. The van der Waals surface area contributed by atoms with E-state index >= 15 is 0 Å². The van der Waals surface area contributed by atoms with Crippen LogP contribution >= 0.6 is 24.0 Å². The van der Waals surface area contributed by atoms with Crippen molar-refractivity contribution in [3.63, 3.8) is 0 Å². The van der Waals surface area contributed by atoms with E-state index in [4.69, 9.17) is 12.2 Å². The zero-order valence-electron chi connectivity index (χ0n) is 10.6. The van der Waals surface area contributed by atoms with Gasteiger partial charge in [-0.15, -0.1) is 0 Å². The summed E-state index contributed by atoms with van der Waals surface area (Å²) in [6.45, 7) is 0. The highest BCUT2D eigenvalue weighted by Gasteiger charge is 2.28. The molecule has 0 spiro atoms. The second kappa shape index (κ2) is 7.16. The van der Waals surface area contributed by atoms with E-state index in [1.807, 2.05) is 30.3 Å². The molecule has 2 amide bonds. The monoisotopic (exact) mass is 307 g/mol. The largest absolute Gasteiger partial charge is 0.274 e. The molecule has 1 N–H and O–H groups in total. The number of carbonyl (C=O) groups excluding carboxylic acids is 2. The Morgan fingerprint density at radius 1 is 1.30 bits per heavy atom. The van der Waals surface area contributed by atoms with E-state index in [0.29, 0.717) is 17.2 Å². The molecule has 1 aromatic carbocycles. The van der Waals surface area contributed by atoms with Crippen molar-refractivity contribution >= 4 is 46.3 Å². The Kier molecular flexibility index (Phi) is 5.25. The molecule has 1 aliphatic heterocycles. The number of nitrogens with one attached hydrogen (secondary N) is 1. The van der Waals surface area contributed by atoms with Crippen LogP contribution in [0.15, 0.2) is 35.4 Å². The van der Waals surface area contributed by atoms with Gasteiger partial charge in [0.15, 0.2) is 4.32 Å². The van der Waals surface area contributed by atoms with Crippen molar-refractivity contribution in [1.82, 2.24) is 10.3 Å². The maximum absolute atomic E-state index is 11.4. The van der Waals surface area contributed by atoms with Crippen LogP contribution in [0.2, 0.25) is 0 Å². The van der Waals surface area contributed by atoms with Crippen molar-refractivity contribution in [2.75, 3.05) is 5.88 Å². The highest BCUT2D eigenvalue weighted by atomic mass is 32.2. The summed E-state index contributed by atoms with van der Waals surface area (Å²) in [6, 6.07) is 9.60. The third-order valence-electron chi connectivity index (χ3n) is 2.65. The summed E-state index contributed by atoms with van der Waals surface area (Å²) < 4.78 is 0.421. The van der Waals surface area contributed by atoms with Gasteiger partial charge in [-0.3, -0.25) is 19.9 Å². The van der Waals surface area contributed by atoms with E-state index in [9.17, 15) is 9.59 Å². The molecule has 1 saturated heterocycles. The quantitative estimate of drug-likeness (QED) is 0.397. The molecule has 0 unspecified atom stereocenters. The number of benzene rings is 1. The number of rotatable bonds is 4. The molecule has 0 radical (unpaired) electrons. The number of hydrogen-bond donors (Lipinski definition) is 1. The first kappa shape index (κ1) is 14.7. The van der Waals surface area contributed by atoms with Crippen LogP contribution in [0.4, 0.5) is 0 Å². The van der Waals surface area contributed by atoms with E-state index in [2.05, 4.69) is 10.5 Å². The summed E-state index contributed by atoms with van der Waals surface area (Å²) in [6.07, 6.45) is 2.25. The fourth-order valence-electron chi connectivity index (χ4n) is 1.62. The fourth-order valence-corrected chi connectivity index (χ4v) is 2.48. The number of likely N-dealkylation sites (tertiary alicyclic amines) is 1. The summed E-state index contributed by atoms with van der Waals surface area (Å²) in [4.78, 5) is 24.0. The van der Waals surface area contributed by atoms with Gasteiger partial charge in [0.1, 0.15) is 0 Å².